The van der Waals surface area contributed by atoms with Gasteiger partial charge in [0.1, 0.15) is 23.7 Å². The Hall–Kier alpha value is -6.30. The number of imidazole rings is 2. The summed E-state index contributed by atoms with van der Waals surface area (Å²) < 4.78 is 3.48. The highest BCUT2D eigenvalue weighted by molar-refractivity contribution is 7.17. The molecule has 0 fully saturated rings. The third-order valence-corrected chi connectivity index (χ3v) is 7.99. The van der Waals surface area contributed by atoms with Gasteiger partial charge in [-0.2, -0.15) is 0 Å². The smallest absolute Gasteiger partial charge is 0.226 e. The van der Waals surface area contributed by atoms with Gasteiger partial charge in [0.2, 0.25) is 17.7 Å². The number of carbonyl (C=O) groups excluding carboxylic acids is 3. The monoisotopic (exact) mass is 666 g/mol. The summed E-state index contributed by atoms with van der Waals surface area (Å²) in [6.07, 6.45) is 8.06. The molecule has 17 nitrogen and oxygen atoms in total. The van der Waals surface area contributed by atoms with Crippen molar-refractivity contribution in [3.63, 3.8) is 0 Å². The third kappa shape index (κ3) is 7.73. The number of aliphatic imine (C=N–C) groups is 1. The number of fused-ring (bicyclic) bond motifs is 2. The number of hydrogen-bond acceptors (Lipinski definition) is 13. The van der Waals surface area contributed by atoms with Gasteiger partial charge >= 0.3 is 0 Å². The Kier molecular flexibility index (Phi) is 9.51. The summed E-state index contributed by atoms with van der Waals surface area (Å²) in [5, 5.41) is 9.14. The van der Waals surface area contributed by atoms with E-state index in [2.05, 4.69) is 50.8 Å². The summed E-state index contributed by atoms with van der Waals surface area (Å²) in [7, 11) is 0. The van der Waals surface area contributed by atoms with Crippen molar-refractivity contribution in [2.24, 2.45) is 4.99 Å². The SMILES string of the molecule is Nc1ncnc2c1ncn2CCC(=O)NCCC(=O)Nc1ccc(/C=N/c2cccc(NC(=O)CCn3cnc4c(N)ncnc43)c2)s1. The molecule has 244 valence electrons. The largest absolute Gasteiger partial charge is 0.382 e. The van der Waals surface area contributed by atoms with Crippen LogP contribution in [0, 0.1) is 0 Å². The molecule has 0 aliphatic rings. The molecule has 5 aromatic heterocycles. The molecule has 6 aromatic rings. The summed E-state index contributed by atoms with van der Waals surface area (Å²) in [5.74, 6) is -0.0316. The Morgan fingerprint density at radius 2 is 1.42 bits per heavy atom. The number of benzene rings is 1. The van der Waals surface area contributed by atoms with Crippen molar-refractivity contribution in [3.05, 3.63) is 66.6 Å². The van der Waals surface area contributed by atoms with Crippen LogP contribution in [0.2, 0.25) is 0 Å². The van der Waals surface area contributed by atoms with Crippen LogP contribution in [0.15, 0.2) is 66.7 Å². The number of amides is 3. The molecule has 0 radical (unpaired) electrons. The zero-order valence-electron chi connectivity index (χ0n) is 25.4. The summed E-state index contributed by atoms with van der Waals surface area (Å²) in [6, 6.07) is 10.8. The summed E-state index contributed by atoms with van der Waals surface area (Å²) in [4.78, 5) is 67.3. The second-order valence-electron chi connectivity index (χ2n) is 10.4. The van der Waals surface area contributed by atoms with Gasteiger partial charge in [0.05, 0.1) is 23.3 Å². The van der Waals surface area contributed by atoms with E-state index in [4.69, 9.17) is 11.5 Å². The van der Waals surface area contributed by atoms with Gasteiger partial charge in [-0.05, 0) is 30.3 Å². The number of anilines is 4. The topological polar surface area (TPSA) is 239 Å². The van der Waals surface area contributed by atoms with Gasteiger partial charge in [-0.15, -0.1) is 11.3 Å². The minimum absolute atomic E-state index is 0.116. The van der Waals surface area contributed by atoms with E-state index in [1.807, 2.05) is 12.1 Å². The van der Waals surface area contributed by atoms with E-state index in [-0.39, 0.29) is 49.3 Å². The van der Waals surface area contributed by atoms with Crippen LogP contribution < -0.4 is 27.4 Å². The first-order valence-corrected chi connectivity index (χ1v) is 15.6. The Morgan fingerprint density at radius 1 is 0.771 bits per heavy atom. The van der Waals surface area contributed by atoms with Gasteiger partial charge in [-0.25, -0.2) is 29.9 Å². The molecule has 0 aliphatic heterocycles. The predicted octanol–water partition coefficient (Wildman–Crippen LogP) is 2.51. The molecule has 0 saturated heterocycles. The van der Waals surface area contributed by atoms with Crippen LogP contribution in [0.1, 0.15) is 24.1 Å². The van der Waals surface area contributed by atoms with E-state index < -0.39 is 0 Å². The van der Waals surface area contributed by atoms with Crippen LogP contribution in [-0.2, 0) is 27.5 Å². The van der Waals surface area contributed by atoms with Gasteiger partial charge < -0.3 is 36.6 Å². The molecule has 18 heteroatoms. The molecule has 1 aromatic carbocycles. The van der Waals surface area contributed by atoms with Gasteiger partial charge in [0.25, 0.3) is 0 Å². The van der Waals surface area contributed by atoms with Crippen molar-refractivity contribution in [2.75, 3.05) is 28.6 Å². The van der Waals surface area contributed by atoms with Crippen molar-refractivity contribution in [1.82, 2.24) is 44.4 Å². The van der Waals surface area contributed by atoms with Crippen LogP contribution in [0.3, 0.4) is 0 Å². The summed E-state index contributed by atoms with van der Waals surface area (Å²) >= 11 is 1.36. The summed E-state index contributed by atoms with van der Waals surface area (Å²) in [5.41, 5.74) is 15.0. The average Bonchev–Trinajstić information content (AvgIpc) is 3.82. The lowest BCUT2D eigenvalue weighted by atomic mass is 10.2. The maximum atomic E-state index is 12.6. The van der Waals surface area contributed by atoms with Gasteiger partial charge in [-0.3, -0.25) is 19.4 Å². The Morgan fingerprint density at radius 3 is 2.10 bits per heavy atom. The fraction of sp³-hybridized carbons (Fsp3) is 0.200. The quantitative estimate of drug-likeness (QED) is 0.112. The van der Waals surface area contributed by atoms with E-state index in [1.54, 1.807) is 52.3 Å². The lowest BCUT2D eigenvalue weighted by molar-refractivity contribution is -0.121. The first-order valence-electron chi connectivity index (χ1n) is 14.8. The number of nitrogens with two attached hydrogens (primary N) is 2. The molecule has 0 bridgehead atoms. The minimum atomic E-state index is -0.226. The number of nitrogens with one attached hydrogen (secondary N) is 3. The van der Waals surface area contributed by atoms with Crippen molar-refractivity contribution in [3.8, 4) is 0 Å². The lowest BCUT2D eigenvalue weighted by Gasteiger charge is -2.07. The second kappa shape index (κ2) is 14.4. The molecular weight excluding hydrogens is 636 g/mol. The molecule has 0 spiro atoms. The standard InChI is InChI=1S/C30H30N14O3S/c31-27-25-29(37-14-35-27)43(16-39-25)10-7-21(45)33-9-6-22(46)42-24-5-4-20(48-24)13-34-18-2-1-3-19(12-18)41-23(47)8-11-44-17-40-26-28(32)36-15-38-30(26)44/h1-5,12-17H,6-11H2,(H,33,45)(H,41,47)(H,42,46)(H2,31,35,37)(H2,32,36,38)/b34-13+. The summed E-state index contributed by atoms with van der Waals surface area (Å²) in [6.45, 7) is 0.934. The normalized spacial score (nSPS) is 11.3. The molecule has 3 amide bonds. The first-order chi connectivity index (χ1) is 23.3. The van der Waals surface area contributed by atoms with Crippen LogP contribution in [-0.4, -0.2) is 69.5 Å². The minimum Gasteiger partial charge on any atom is -0.382 e. The number of nitrogens with zero attached hydrogens (tertiary/aromatic N) is 9. The maximum absolute atomic E-state index is 12.6. The lowest BCUT2D eigenvalue weighted by Crippen LogP contribution is -2.28. The Balaban J connectivity index is 0.920. The van der Waals surface area contributed by atoms with Crippen LogP contribution in [0.4, 0.5) is 28.0 Å². The number of rotatable bonds is 13. The molecule has 5 heterocycles. The number of nitrogen functional groups attached to an aromatic ring is 2. The number of aryl methyl sites for hydroxylation is 2. The zero-order valence-corrected chi connectivity index (χ0v) is 26.2. The van der Waals surface area contributed by atoms with Crippen molar-refractivity contribution < 1.29 is 14.4 Å². The van der Waals surface area contributed by atoms with E-state index in [0.29, 0.717) is 57.6 Å². The fourth-order valence-electron chi connectivity index (χ4n) is 4.69. The molecule has 0 saturated carbocycles. The van der Waals surface area contributed by atoms with E-state index in [9.17, 15) is 14.4 Å². The second-order valence-corrected chi connectivity index (χ2v) is 11.6. The van der Waals surface area contributed by atoms with Gasteiger partial charge in [-0.1, -0.05) is 6.07 Å². The molecule has 0 aliphatic carbocycles. The van der Waals surface area contributed by atoms with Crippen molar-refractivity contribution in [2.45, 2.75) is 32.4 Å². The Bertz CT molecular complexity index is 2140. The van der Waals surface area contributed by atoms with Crippen LogP contribution >= 0.6 is 11.3 Å². The molecule has 48 heavy (non-hydrogen) atoms. The Labute approximate surface area is 276 Å². The fourth-order valence-corrected chi connectivity index (χ4v) is 5.48. The predicted molar refractivity (Wildman–Crippen MR) is 182 cm³/mol. The van der Waals surface area contributed by atoms with Gasteiger partial charge in [0, 0.05) is 55.7 Å². The number of aromatic nitrogens is 8. The molecule has 6 rings (SSSR count). The van der Waals surface area contributed by atoms with Crippen LogP contribution in [0.5, 0.6) is 0 Å². The first kappa shape index (κ1) is 31.7. The highest BCUT2D eigenvalue weighted by Gasteiger charge is 2.12. The molecule has 7 N–H and O–H groups in total. The van der Waals surface area contributed by atoms with E-state index >= 15 is 0 Å². The average molecular weight is 667 g/mol. The number of carbonyl (C=O) groups is 3. The number of hydrogen-bond donors (Lipinski definition) is 5. The zero-order chi connectivity index (χ0) is 33.5. The van der Waals surface area contributed by atoms with E-state index in [1.165, 1.54) is 24.0 Å². The van der Waals surface area contributed by atoms with E-state index in [0.717, 1.165) is 4.88 Å². The van der Waals surface area contributed by atoms with Crippen LogP contribution in [0.25, 0.3) is 22.3 Å². The van der Waals surface area contributed by atoms with Crippen molar-refractivity contribution in [1.29, 1.82) is 0 Å². The third-order valence-electron chi connectivity index (χ3n) is 7.05. The molecule has 0 atom stereocenters. The maximum Gasteiger partial charge on any atom is 0.226 e. The highest BCUT2D eigenvalue weighted by Crippen LogP contribution is 2.23. The van der Waals surface area contributed by atoms with Gasteiger partial charge in [0.15, 0.2) is 22.9 Å². The van der Waals surface area contributed by atoms with Crippen molar-refractivity contribution >= 4 is 85.6 Å². The highest BCUT2D eigenvalue weighted by atomic mass is 32.1. The number of thiophene rings is 1. The molecule has 0 unspecified atom stereocenters. The molecular formula is C30H30N14O3S.